The number of hydrogen-bond donors (Lipinski definition) is 1. The highest BCUT2D eigenvalue weighted by molar-refractivity contribution is 5.99. The fourth-order valence-electron chi connectivity index (χ4n) is 6.23. The van der Waals surface area contributed by atoms with Crippen molar-refractivity contribution in [1.82, 2.24) is 4.57 Å². The lowest BCUT2D eigenvalue weighted by Crippen LogP contribution is -2.29. The first kappa shape index (κ1) is 26.0. The maximum Gasteiger partial charge on any atom is 0.342 e. The first-order chi connectivity index (χ1) is 19.3. The summed E-state index contributed by atoms with van der Waals surface area (Å²) in [6.45, 7) is 2.31. The van der Waals surface area contributed by atoms with Crippen LogP contribution in [0, 0.1) is 0 Å². The number of cyclic esters (lactones) is 1. The van der Waals surface area contributed by atoms with Gasteiger partial charge in [-0.2, -0.15) is 0 Å². The predicted octanol–water partition coefficient (Wildman–Crippen LogP) is 5.19. The van der Waals surface area contributed by atoms with Gasteiger partial charge in [0.15, 0.2) is 0 Å². The number of phenolic OH excluding ortho intramolecular Hbond substituents is 1. The van der Waals surface area contributed by atoms with Crippen molar-refractivity contribution in [1.29, 1.82) is 0 Å². The number of aromatic hydroxyl groups is 1. The lowest BCUT2D eigenvalue weighted by Gasteiger charge is -2.27. The Kier molecular flexibility index (Phi) is 6.78. The molecule has 8 heteroatoms. The van der Waals surface area contributed by atoms with E-state index >= 15 is 0 Å². The molecule has 3 aliphatic heterocycles. The Morgan fingerprint density at radius 3 is 2.70 bits per heavy atom. The maximum absolute atomic E-state index is 13.7. The molecule has 0 saturated heterocycles. The summed E-state index contributed by atoms with van der Waals surface area (Å²) in [7, 11) is 0. The number of carbonyl (C=O) groups is 3. The molecule has 0 aliphatic carbocycles. The minimum absolute atomic E-state index is 0.0225. The molecule has 0 radical (unpaired) electrons. The molecule has 0 saturated carbocycles. The van der Waals surface area contributed by atoms with Gasteiger partial charge in [-0.3, -0.25) is 14.4 Å². The lowest BCUT2D eigenvalue weighted by molar-refractivity contribution is -0.135. The molecular formula is C32H31NO7. The number of Topliss-reactive ketones (excluding diaryl/α,β-unsaturated/α-hetero) is 1. The number of esters is 2. The summed E-state index contributed by atoms with van der Waals surface area (Å²) in [5, 5.41) is 12.5. The van der Waals surface area contributed by atoms with Crippen LogP contribution in [0.2, 0.25) is 0 Å². The fraction of sp³-hybridized carbons (Fsp3) is 0.375. The van der Waals surface area contributed by atoms with Gasteiger partial charge in [0.2, 0.25) is 0 Å². The molecular weight excluding hydrogens is 510 g/mol. The quantitative estimate of drug-likeness (QED) is 0.333. The Morgan fingerprint density at radius 1 is 1.02 bits per heavy atom. The van der Waals surface area contributed by atoms with E-state index in [0.717, 1.165) is 22.9 Å². The first-order valence-corrected chi connectivity index (χ1v) is 14.0. The second kappa shape index (κ2) is 10.4. The summed E-state index contributed by atoms with van der Waals surface area (Å²) in [5.74, 6) is -2.05. The van der Waals surface area contributed by atoms with Gasteiger partial charge < -0.3 is 19.1 Å². The van der Waals surface area contributed by atoms with Gasteiger partial charge in [0.05, 0.1) is 18.0 Å². The number of aromatic nitrogens is 1. The van der Waals surface area contributed by atoms with Crippen molar-refractivity contribution >= 4 is 34.7 Å². The van der Waals surface area contributed by atoms with E-state index in [4.69, 9.17) is 9.47 Å². The van der Waals surface area contributed by atoms with E-state index < -0.39 is 24.0 Å². The van der Waals surface area contributed by atoms with Gasteiger partial charge in [0, 0.05) is 36.4 Å². The molecule has 8 nitrogen and oxygen atoms in total. The van der Waals surface area contributed by atoms with Crippen molar-refractivity contribution in [3.63, 3.8) is 0 Å². The maximum atomic E-state index is 13.7. The number of hydrogen-bond acceptors (Lipinski definition) is 7. The number of nitrogens with zero attached hydrogens (tertiary/aromatic N) is 1. The van der Waals surface area contributed by atoms with E-state index in [0.29, 0.717) is 56.2 Å². The van der Waals surface area contributed by atoms with Crippen LogP contribution >= 0.6 is 0 Å². The Labute approximate surface area is 231 Å². The van der Waals surface area contributed by atoms with E-state index in [-0.39, 0.29) is 40.4 Å². The van der Waals surface area contributed by atoms with Gasteiger partial charge in [0.25, 0.3) is 5.56 Å². The number of phenols is 1. The van der Waals surface area contributed by atoms with Crippen molar-refractivity contribution in [3.8, 4) is 11.5 Å². The number of pyridine rings is 1. The Morgan fingerprint density at radius 2 is 1.85 bits per heavy atom. The van der Waals surface area contributed by atoms with Crippen LogP contribution in [0.3, 0.4) is 0 Å². The SMILES string of the molecule is C[C@H]1CCCC(=O)CCC/C=C/c2cc3c(c(O)c2C(=O)O1)[C@@H](c1cc2cccc4c2n(c1=O)CC4)CC(=O)O3. The molecule has 4 heterocycles. The molecule has 0 unspecified atom stereocenters. The predicted molar refractivity (Wildman–Crippen MR) is 149 cm³/mol. The van der Waals surface area contributed by atoms with Gasteiger partial charge in [-0.25, -0.2) is 4.79 Å². The van der Waals surface area contributed by atoms with Crippen molar-refractivity contribution in [2.75, 3.05) is 0 Å². The van der Waals surface area contributed by atoms with Crippen LogP contribution in [0.1, 0.15) is 90.4 Å². The third-order valence-corrected chi connectivity index (χ3v) is 8.18. The van der Waals surface area contributed by atoms with Gasteiger partial charge in [-0.05, 0) is 67.7 Å². The highest BCUT2D eigenvalue weighted by Gasteiger charge is 2.37. The third-order valence-electron chi connectivity index (χ3n) is 8.18. The topological polar surface area (TPSA) is 112 Å². The molecule has 0 fully saturated rings. The molecule has 0 amide bonds. The van der Waals surface area contributed by atoms with Crippen molar-refractivity contribution in [2.24, 2.45) is 0 Å². The van der Waals surface area contributed by atoms with Crippen molar-refractivity contribution in [3.05, 3.63) is 74.6 Å². The Hall–Kier alpha value is -4.20. The van der Waals surface area contributed by atoms with Crippen LogP contribution in [-0.4, -0.2) is 33.5 Å². The van der Waals surface area contributed by atoms with Gasteiger partial charge in [-0.1, -0.05) is 30.4 Å². The number of benzene rings is 2. The standard InChI is InChI=1S/C32H31NO7/c1-18-7-5-12-22(34)11-4-2-3-8-20-16-25-28(30(36)27(20)32(38)39-18)23(17-26(35)40-25)24-15-21-10-6-9-19-13-14-33(29(19)21)31(24)37/h3,6,8-10,15-16,18,23,36H,2,4-5,7,11-14,17H2,1H3/b8-3+/t18-,23+/m0/s1. The van der Waals surface area contributed by atoms with E-state index in [9.17, 15) is 24.3 Å². The Balaban J connectivity index is 1.50. The van der Waals surface area contributed by atoms with Crippen LogP contribution < -0.4 is 10.3 Å². The average molecular weight is 542 g/mol. The van der Waals surface area contributed by atoms with Gasteiger partial charge in [-0.15, -0.1) is 0 Å². The molecule has 6 rings (SSSR count). The summed E-state index contributed by atoms with van der Waals surface area (Å²) in [6, 6.07) is 9.25. The van der Waals surface area contributed by atoms with E-state index in [1.807, 2.05) is 24.3 Å². The monoisotopic (exact) mass is 541 g/mol. The molecule has 1 N–H and O–H groups in total. The molecule has 3 aliphatic rings. The van der Waals surface area contributed by atoms with Crippen LogP contribution in [0.5, 0.6) is 11.5 Å². The van der Waals surface area contributed by atoms with Crippen LogP contribution in [-0.2, 0) is 27.3 Å². The molecule has 1 aromatic heterocycles. The number of ether oxygens (including phenoxy) is 2. The molecule has 0 bridgehead atoms. The number of allylic oxidation sites excluding steroid dienone is 1. The number of rotatable bonds is 1. The zero-order valence-electron chi connectivity index (χ0n) is 22.4. The summed E-state index contributed by atoms with van der Waals surface area (Å²) in [5.41, 5.74) is 2.73. The third kappa shape index (κ3) is 4.61. The number of fused-ring (bicyclic) bond motifs is 2. The van der Waals surface area contributed by atoms with Gasteiger partial charge >= 0.3 is 11.9 Å². The summed E-state index contributed by atoms with van der Waals surface area (Å²) >= 11 is 0. The van der Waals surface area contributed by atoms with Crippen molar-refractivity contribution in [2.45, 2.75) is 76.9 Å². The summed E-state index contributed by atoms with van der Waals surface area (Å²) in [4.78, 5) is 52.1. The molecule has 0 spiro atoms. The first-order valence-electron chi connectivity index (χ1n) is 14.0. The molecule has 2 atom stereocenters. The number of carbonyl (C=O) groups excluding carboxylic acids is 3. The fourth-order valence-corrected chi connectivity index (χ4v) is 6.23. The number of para-hydroxylation sites is 1. The van der Waals surface area contributed by atoms with Gasteiger partial charge in [0.1, 0.15) is 22.8 Å². The molecule has 40 heavy (non-hydrogen) atoms. The lowest BCUT2D eigenvalue weighted by atomic mass is 9.83. The van der Waals surface area contributed by atoms with Crippen LogP contribution in [0.15, 0.2) is 41.2 Å². The van der Waals surface area contributed by atoms with Crippen molar-refractivity contribution < 1.29 is 29.0 Å². The van der Waals surface area contributed by atoms with Crippen LogP contribution in [0.25, 0.3) is 17.0 Å². The average Bonchev–Trinajstić information content (AvgIpc) is 3.35. The second-order valence-corrected chi connectivity index (χ2v) is 10.9. The number of ketones is 1. The molecule has 3 aromatic rings. The largest absolute Gasteiger partial charge is 0.507 e. The zero-order valence-corrected chi connectivity index (χ0v) is 22.4. The smallest absolute Gasteiger partial charge is 0.342 e. The summed E-state index contributed by atoms with van der Waals surface area (Å²) in [6.07, 6.45) is 6.99. The zero-order chi connectivity index (χ0) is 28.0. The number of aryl methyl sites for hydroxylation is 2. The molecule has 2 aromatic carbocycles. The molecule has 206 valence electrons. The van der Waals surface area contributed by atoms with E-state index in [2.05, 4.69) is 0 Å². The minimum atomic E-state index is -0.792. The van der Waals surface area contributed by atoms with E-state index in [1.165, 1.54) is 0 Å². The Bertz CT molecular complexity index is 1650. The second-order valence-electron chi connectivity index (χ2n) is 10.9. The highest BCUT2D eigenvalue weighted by Crippen LogP contribution is 2.47. The van der Waals surface area contributed by atoms with Crippen LogP contribution in [0.4, 0.5) is 0 Å². The normalized spacial score (nSPS) is 22.2. The minimum Gasteiger partial charge on any atom is -0.507 e. The highest BCUT2D eigenvalue weighted by atomic mass is 16.5. The van der Waals surface area contributed by atoms with E-state index in [1.54, 1.807) is 29.7 Å². The summed E-state index contributed by atoms with van der Waals surface area (Å²) < 4.78 is 13.0.